The SMILES string of the molecule is O=[N+]([O-])c1c(N2CCc3ccccc32)nc2sccn12. The summed E-state index contributed by atoms with van der Waals surface area (Å²) in [5, 5.41) is 13.2. The summed E-state index contributed by atoms with van der Waals surface area (Å²) in [5.74, 6) is 0.477. The van der Waals surface area contributed by atoms with Crippen LogP contribution in [0.3, 0.4) is 0 Å². The molecule has 0 aliphatic carbocycles. The molecule has 0 saturated heterocycles. The van der Waals surface area contributed by atoms with E-state index in [0.717, 1.165) is 18.7 Å². The molecule has 0 radical (unpaired) electrons. The minimum atomic E-state index is -0.358. The molecule has 1 aromatic carbocycles. The third kappa shape index (κ3) is 1.47. The Morgan fingerprint density at radius 3 is 3.05 bits per heavy atom. The van der Waals surface area contributed by atoms with E-state index in [4.69, 9.17) is 0 Å². The van der Waals surface area contributed by atoms with Crippen LogP contribution < -0.4 is 4.90 Å². The average Bonchev–Trinajstić information content (AvgIpc) is 3.10. The second-order valence-electron chi connectivity index (χ2n) is 4.60. The van der Waals surface area contributed by atoms with Crippen LogP contribution in [0.2, 0.25) is 0 Å². The maximum atomic E-state index is 11.4. The zero-order chi connectivity index (χ0) is 13.7. The number of benzene rings is 1. The standard InChI is InChI=1S/C13H10N4O2S/c18-17(19)12-11(14-13-16(12)7-8-20-13)15-6-5-9-3-1-2-4-10(9)15/h1-4,7-8H,5-6H2. The first-order valence-corrected chi connectivity index (χ1v) is 7.09. The predicted molar refractivity (Wildman–Crippen MR) is 76.9 cm³/mol. The van der Waals surface area contributed by atoms with Crippen LogP contribution >= 0.6 is 11.3 Å². The fourth-order valence-electron chi connectivity index (χ4n) is 2.67. The van der Waals surface area contributed by atoms with Crippen LogP contribution in [-0.4, -0.2) is 20.9 Å². The molecule has 3 heterocycles. The summed E-state index contributed by atoms with van der Waals surface area (Å²) >= 11 is 1.40. The van der Waals surface area contributed by atoms with Gasteiger partial charge in [-0.2, -0.15) is 9.38 Å². The Morgan fingerprint density at radius 1 is 1.35 bits per heavy atom. The summed E-state index contributed by atoms with van der Waals surface area (Å²) in [7, 11) is 0. The van der Waals surface area contributed by atoms with Gasteiger partial charge in [-0.05, 0) is 23.0 Å². The molecule has 0 fully saturated rings. The van der Waals surface area contributed by atoms with E-state index in [1.54, 1.807) is 16.0 Å². The molecule has 0 saturated carbocycles. The number of nitrogens with zero attached hydrogens (tertiary/aromatic N) is 4. The molecule has 7 heteroatoms. The fourth-order valence-corrected chi connectivity index (χ4v) is 3.38. The quantitative estimate of drug-likeness (QED) is 0.536. The molecule has 0 unspecified atom stereocenters. The van der Waals surface area contributed by atoms with Gasteiger partial charge < -0.3 is 15.0 Å². The average molecular weight is 286 g/mol. The summed E-state index contributed by atoms with van der Waals surface area (Å²) < 4.78 is 1.54. The summed E-state index contributed by atoms with van der Waals surface area (Å²) in [5.41, 5.74) is 2.22. The van der Waals surface area contributed by atoms with Gasteiger partial charge in [0.2, 0.25) is 5.82 Å². The number of hydrogen-bond donors (Lipinski definition) is 0. The van der Waals surface area contributed by atoms with E-state index in [1.807, 2.05) is 23.1 Å². The topological polar surface area (TPSA) is 63.7 Å². The van der Waals surface area contributed by atoms with Crippen LogP contribution in [0.5, 0.6) is 0 Å². The second kappa shape index (κ2) is 4.04. The monoisotopic (exact) mass is 286 g/mol. The van der Waals surface area contributed by atoms with E-state index in [-0.39, 0.29) is 10.7 Å². The number of para-hydroxylation sites is 1. The highest BCUT2D eigenvalue weighted by Gasteiger charge is 2.31. The normalized spacial score (nSPS) is 13.9. The Kier molecular flexibility index (Phi) is 2.31. The van der Waals surface area contributed by atoms with Crippen molar-refractivity contribution in [2.24, 2.45) is 0 Å². The molecule has 0 amide bonds. The number of fused-ring (bicyclic) bond motifs is 2. The Balaban J connectivity index is 1.93. The first-order chi connectivity index (χ1) is 9.75. The molecule has 0 N–H and O–H groups in total. The van der Waals surface area contributed by atoms with E-state index in [1.165, 1.54) is 16.9 Å². The van der Waals surface area contributed by atoms with Gasteiger partial charge in [-0.25, -0.2) is 0 Å². The zero-order valence-electron chi connectivity index (χ0n) is 10.4. The van der Waals surface area contributed by atoms with Gasteiger partial charge in [0, 0.05) is 17.6 Å². The number of aromatic nitrogens is 2. The van der Waals surface area contributed by atoms with Crippen molar-refractivity contribution in [2.45, 2.75) is 6.42 Å². The molecule has 6 nitrogen and oxygen atoms in total. The summed E-state index contributed by atoms with van der Waals surface area (Å²) in [4.78, 5) is 18.1. The molecule has 1 aliphatic rings. The Labute approximate surface area is 118 Å². The maximum absolute atomic E-state index is 11.4. The van der Waals surface area contributed by atoms with E-state index in [2.05, 4.69) is 11.1 Å². The third-order valence-electron chi connectivity index (χ3n) is 3.53. The van der Waals surface area contributed by atoms with Crippen LogP contribution in [0.25, 0.3) is 4.96 Å². The number of hydrogen-bond acceptors (Lipinski definition) is 5. The smallest absolute Gasteiger partial charge is 0.358 e. The van der Waals surface area contributed by atoms with E-state index >= 15 is 0 Å². The minimum Gasteiger partial charge on any atom is -0.358 e. The van der Waals surface area contributed by atoms with Gasteiger partial charge >= 0.3 is 5.82 Å². The van der Waals surface area contributed by atoms with Crippen molar-refractivity contribution in [3.05, 3.63) is 51.5 Å². The highest BCUT2D eigenvalue weighted by molar-refractivity contribution is 7.15. The van der Waals surface area contributed by atoms with E-state index in [0.29, 0.717) is 10.8 Å². The van der Waals surface area contributed by atoms with Crippen LogP contribution in [-0.2, 0) is 6.42 Å². The van der Waals surface area contributed by atoms with Gasteiger partial charge in [0.05, 0.1) is 0 Å². The molecule has 0 spiro atoms. The van der Waals surface area contributed by atoms with E-state index in [9.17, 15) is 10.1 Å². The van der Waals surface area contributed by atoms with E-state index < -0.39 is 0 Å². The lowest BCUT2D eigenvalue weighted by atomic mass is 10.2. The van der Waals surface area contributed by atoms with Crippen LogP contribution in [0.4, 0.5) is 17.3 Å². The number of nitro groups is 1. The Hall–Kier alpha value is -2.41. The molecular weight excluding hydrogens is 276 g/mol. The van der Waals surface area contributed by atoms with Gasteiger partial charge in [-0.15, -0.1) is 0 Å². The van der Waals surface area contributed by atoms with Crippen molar-refractivity contribution < 1.29 is 4.92 Å². The predicted octanol–water partition coefficient (Wildman–Crippen LogP) is 3.00. The molecule has 2 aromatic heterocycles. The van der Waals surface area contributed by atoms with Crippen LogP contribution in [0.15, 0.2) is 35.8 Å². The number of rotatable bonds is 2. The highest BCUT2D eigenvalue weighted by atomic mass is 32.1. The van der Waals surface area contributed by atoms with Crippen LogP contribution in [0.1, 0.15) is 5.56 Å². The van der Waals surface area contributed by atoms with Gasteiger partial charge in [0.15, 0.2) is 0 Å². The number of thiazole rings is 1. The molecular formula is C13H10N4O2S. The lowest BCUT2D eigenvalue weighted by Crippen LogP contribution is -2.15. The minimum absolute atomic E-state index is 0.0398. The van der Waals surface area contributed by atoms with Crippen molar-refractivity contribution in [2.75, 3.05) is 11.4 Å². The van der Waals surface area contributed by atoms with Gasteiger partial charge in [-0.3, -0.25) is 0 Å². The highest BCUT2D eigenvalue weighted by Crippen LogP contribution is 2.39. The Morgan fingerprint density at radius 2 is 2.20 bits per heavy atom. The van der Waals surface area contributed by atoms with Crippen molar-refractivity contribution in [1.29, 1.82) is 0 Å². The number of anilines is 2. The zero-order valence-corrected chi connectivity index (χ0v) is 11.2. The van der Waals surface area contributed by atoms with Crippen molar-refractivity contribution in [3.63, 3.8) is 0 Å². The van der Waals surface area contributed by atoms with Crippen molar-refractivity contribution in [3.8, 4) is 0 Å². The molecule has 0 bridgehead atoms. The van der Waals surface area contributed by atoms with Crippen LogP contribution in [0, 0.1) is 10.1 Å². The Bertz CT molecular complexity index is 823. The van der Waals surface area contributed by atoms with Gasteiger partial charge in [0.1, 0.15) is 6.20 Å². The molecule has 1 aliphatic heterocycles. The molecule has 3 aromatic rings. The molecule has 4 rings (SSSR count). The lowest BCUT2D eigenvalue weighted by Gasteiger charge is -2.15. The number of imidazole rings is 1. The summed E-state index contributed by atoms with van der Waals surface area (Å²) in [6, 6.07) is 7.98. The first kappa shape index (κ1) is 11.4. The van der Waals surface area contributed by atoms with Crippen molar-refractivity contribution >= 4 is 33.6 Å². The van der Waals surface area contributed by atoms with Gasteiger partial charge in [-0.1, -0.05) is 29.5 Å². The lowest BCUT2D eigenvalue weighted by molar-refractivity contribution is -0.389. The molecule has 20 heavy (non-hydrogen) atoms. The fraction of sp³-hybridized carbons (Fsp3) is 0.154. The summed E-state index contributed by atoms with van der Waals surface area (Å²) in [6.45, 7) is 0.727. The molecule has 100 valence electrons. The third-order valence-corrected chi connectivity index (χ3v) is 4.29. The maximum Gasteiger partial charge on any atom is 0.373 e. The van der Waals surface area contributed by atoms with Crippen molar-refractivity contribution in [1.82, 2.24) is 9.38 Å². The van der Waals surface area contributed by atoms with Gasteiger partial charge in [0.25, 0.3) is 4.96 Å². The summed E-state index contributed by atoms with van der Waals surface area (Å²) in [6.07, 6.45) is 2.58. The first-order valence-electron chi connectivity index (χ1n) is 6.21. The largest absolute Gasteiger partial charge is 0.373 e. The molecule has 0 atom stereocenters. The second-order valence-corrected chi connectivity index (χ2v) is 5.48.